The maximum atomic E-state index is 10.3. The first-order valence-electron chi connectivity index (χ1n) is 7.54. The molecule has 1 aromatic heterocycles. The molecule has 0 saturated carbocycles. The Balaban J connectivity index is 1.93. The molecule has 0 aliphatic carbocycles. The third-order valence-corrected chi connectivity index (χ3v) is 4.00. The van der Waals surface area contributed by atoms with Crippen molar-refractivity contribution in [2.75, 3.05) is 0 Å². The van der Waals surface area contributed by atoms with Crippen LogP contribution in [0.5, 0.6) is 5.75 Å². The van der Waals surface area contributed by atoms with Gasteiger partial charge >= 0.3 is 0 Å². The summed E-state index contributed by atoms with van der Waals surface area (Å²) in [6.45, 7) is 0. The average Bonchev–Trinajstić information content (AvgIpc) is 3.05. The first kappa shape index (κ1) is 14.0. The highest BCUT2D eigenvalue weighted by atomic mass is 16.3. The molecule has 4 heteroatoms. The van der Waals surface area contributed by atoms with Crippen molar-refractivity contribution in [2.45, 2.75) is 0 Å². The van der Waals surface area contributed by atoms with Gasteiger partial charge in [-0.25, -0.2) is 4.98 Å². The summed E-state index contributed by atoms with van der Waals surface area (Å²) in [4.78, 5) is 7.61. The number of H-pyrrole nitrogens is 1. The van der Waals surface area contributed by atoms with E-state index in [1.807, 2.05) is 54.6 Å². The third-order valence-electron chi connectivity index (χ3n) is 4.00. The van der Waals surface area contributed by atoms with Crippen LogP contribution in [0.4, 0.5) is 0 Å². The summed E-state index contributed by atoms with van der Waals surface area (Å²) in [5, 5.41) is 21.7. The monoisotopic (exact) mass is 311 g/mol. The number of nitrogens with zero attached hydrogens (tertiary/aromatic N) is 2. The topological polar surface area (TPSA) is 72.7 Å². The molecule has 24 heavy (non-hydrogen) atoms. The minimum absolute atomic E-state index is 0.137. The van der Waals surface area contributed by atoms with Gasteiger partial charge in [0.1, 0.15) is 17.6 Å². The summed E-state index contributed by atoms with van der Waals surface area (Å²) < 4.78 is 0. The molecule has 4 rings (SSSR count). The largest absolute Gasteiger partial charge is 0.507 e. The highest BCUT2D eigenvalue weighted by Gasteiger charge is 2.11. The van der Waals surface area contributed by atoms with E-state index in [0.29, 0.717) is 17.0 Å². The Morgan fingerprint density at radius 1 is 1.04 bits per heavy atom. The van der Waals surface area contributed by atoms with Gasteiger partial charge in [-0.15, -0.1) is 0 Å². The van der Waals surface area contributed by atoms with Gasteiger partial charge < -0.3 is 10.1 Å². The minimum Gasteiger partial charge on any atom is -0.507 e. The summed E-state index contributed by atoms with van der Waals surface area (Å²) in [5.74, 6) is 0.628. The second kappa shape index (κ2) is 5.56. The lowest BCUT2D eigenvalue weighted by molar-refractivity contribution is 0.475. The number of imidazole rings is 1. The van der Waals surface area contributed by atoms with Gasteiger partial charge in [0.25, 0.3) is 0 Å². The van der Waals surface area contributed by atoms with Gasteiger partial charge in [0.2, 0.25) is 0 Å². The van der Waals surface area contributed by atoms with E-state index >= 15 is 0 Å². The van der Waals surface area contributed by atoms with Crippen LogP contribution in [0.3, 0.4) is 0 Å². The number of hydrogen-bond donors (Lipinski definition) is 2. The fourth-order valence-corrected chi connectivity index (χ4v) is 2.81. The van der Waals surface area contributed by atoms with Crippen molar-refractivity contribution in [3.8, 4) is 11.8 Å². The summed E-state index contributed by atoms with van der Waals surface area (Å²) >= 11 is 0. The third kappa shape index (κ3) is 2.29. The standard InChI is InChI=1S/C20H13N3O/c21-12-14(20-22-17-7-3-4-8-18(17)23-20)11-16-15-6-2-1-5-13(15)9-10-19(16)24/h1-11,24H,(H,22,23). The number of rotatable bonds is 2. The lowest BCUT2D eigenvalue weighted by Gasteiger charge is -2.05. The molecule has 0 amide bonds. The Morgan fingerprint density at radius 2 is 1.83 bits per heavy atom. The van der Waals surface area contributed by atoms with Crippen LogP contribution in [-0.2, 0) is 0 Å². The molecule has 0 saturated heterocycles. The Kier molecular flexibility index (Phi) is 3.25. The Labute approximate surface area is 138 Å². The zero-order valence-corrected chi connectivity index (χ0v) is 12.7. The Hall–Kier alpha value is -3.58. The van der Waals surface area contributed by atoms with E-state index in [9.17, 15) is 10.4 Å². The van der Waals surface area contributed by atoms with Crippen LogP contribution < -0.4 is 0 Å². The first-order valence-corrected chi connectivity index (χ1v) is 7.54. The van der Waals surface area contributed by atoms with Crippen molar-refractivity contribution in [1.29, 1.82) is 5.26 Å². The number of aromatic amines is 1. The van der Waals surface area contributed by atoms with Gasteiger partial charge in [0, 0.05) is 5.56 Å². The highest BCUT2D eigenvalue weighted by Crippen LogP contribution is 2.30. The van der Waals surface area contributed by atoms with Gasteiger partial charge in [-0.2, -0.15) is 5.26 Å². The van der Waals surface area contributed by atoms with Crippen molar-refractivity contribution in [3.05, 3.63) is 72.1 Å². The number of fused-ring (bicyclic) bond motifs is 2. The lowest BCUT2D eigenvalue weighted by Crippen LogP contribution is -1.87. The molecule has 0 bridgehead atoms. The summed E-state index contributed by atoms with van der Waals surface area (Å²) in [6, 6.07) is 21.0. The van der Waals surface area contributed by atoms with Crippen LogP contribution in [0, 0.1) is 11.3 Å². The van der Waals surface area contributed by atoms with E-state index < -0.39 is 0 Å². The predicted octanol–water partition coefficient (Wildman–Crippen LogP) is 4.49. The van der Waals surface area contributed by atoms with Crippen molar-refractivity contribution in [3.63, 3.8) is 0 Å². The highest BCUT2D eigenvalue weighted by molar-refractivity contribution is 6.00. The van der Waals surface area contributed by atoms with E-state index in [1.165, 1.54) is 0 Å². The number of benzene rings is 3. The Bertz CT molecular complexity index is 1100. The van der Waals surface area contributed by atoms with Gasteiger partial charge in [0.15, 0.2) is 0 Å². The van der Waals surface area contributed by atoms with Gasteiger partial charge in [-0.05, 0) is 35.0 Å². The van der Waals surface area contributed by atoms with Gasteiger partial charge in [-0.1, -0.05) is 42.5 Å². The fourth-order valence-electron chi connectivity index (χ4n) is 2.81. The van der Waals surface area contributed by atoms with E-state index in [-0.39, 0.29) is 5.75 Å². The molecule has 0 atom stereocenters. The molecule has 3 aromatic carbocycles. The van der Waals surface area contributed by atoms with Crippen molar-refractivity contribution >= 4 is 33.5 Å². The quantitative estimate of drug-likeness (QED) is 0.536. The minimum atomic E-state index is 0.137. The van der Waals surface area contributed by atoms with Gasteiger partial charge in [0.05, 0.1) is 16.6 Å². The number of para-hydroxylation sites is 2. The number of phenolic OH excluding ortho intramolecular Hbond substituents is 1. The molecule has 114 valence electrons. The molecule has 0 spiro atoms. The smallest absolute Gasteiger partial charge is 0.149 e. The van der Waals surface area contributed by atoms with Crippen molar-refractivity contribution in [2.24, 2.45) is 0 Å². The SMILES string of the molecule is N#CC(=Cc1c(O)ccc2ccccc12)c1nc2ccccc2[nH]1. The zero-order valence-electron chi connectivity index (χ0n) is 12.7. The normalized spacial score (nSPS) is 11.7. The Morgan fingerprint density at radius 3 is 2.67 bits per heavy atom. The molecule has 4 nitrogen and oxygen atoms in total. The van der Waals surface area contributed by atoms with Crippen LogP contribution >= 0.6 is 0 Å². The fraction of sp³-hybridized carbons (Fsp3) is 0. The van der Waals surface area contributed by atoms with E-state index in [1.54, 1.807) is 12.1 Å². The molecule has 0 aliphatic heterocycles. The number of allylic oxidation sites excluding steroid dienone is 1. The molecule has 0 aliphatic rings. The lowest BCUT2D eigenvalue weighted by atomic mass is 10.0. The van der Waals surface area contributed by atoms with Crippen molar-refractivity contribution in [1.82, 2.24) is 9.97 Å². The summed E-state index contributed by atoms with van der Waals surface area (Å²) in [5.41, 5.74) is 2.66. The van der Waals surface area contributed by atoms with Crippen molar-refractivity contribution < 1.29 is 5.11 Å². The molecule has 0 radical (unpaired) electrons. The average molecular weight is 311 g/mol. The van der Waals surface area contributed by atoms with E-state index in [0.717, 1.165) is 21.8 Å². The predicted molar refractivity (Wildman–Crippen MR) is 95.2 cm³/mol. The van der Waals surface area contributed by atoms with E-state index in [4.69, 9.17) is 0 Å². The first-order chi connectivity index (χ1) is 11.8. The van der Waals surface area contributed by atoms with Crippen LogP contribution in [-0.4, -0.2) is 15.1 Å². The van der Waals surface area contributed by atoms with Gasteiger partial charge in [-0.3, -0.25) is 0 Å². The molecule has 0 unspecified atom stereocenters. The second-order valence-corrected chi connectivity index (χ2v) is 5.49. The number of nitrogens with one attached hydrogen (secondary N) is 1. The number of aromatic hydroxyl groups is 1. The summed E-state index contributed by atoms with van der Waals surface area (Å²) in [6.07, 6.45) is 1.68. The van der Waals surface area contributed by atoms with Crippen LogP contribution in [0.25, 0.3) is 33.5 Å². The molecule has 2 N–H and O–H groups in total. The number of hydrogen-bond acceptors (Lipinski definition) is 3. The summed E-state index contributed by atoms with van der Waals surface area (Å²) in [7, 11) is 0. The molecule has 0 fully saturated rings. The molecule has 1 heterocycles. The second-order valence-electron chi connectivity index (χ2n) is 5.49. The van der Waals surface area contributed by atoms with Crippen LogP contribution in [0.2, 0.25) is 0 Å². The van der Waals surface area contributed by atoms with E-state index in [2.05, 4.69) is 16.0 Å². The molecular weight excluding hydrogens is 298 g/mol. The molecule has 4 aromatic rings. The van der Waals surface area contributed by atoms with Crippen LogP contribution in [0.1, 0.15) is 11.4 Å². The maximum absolute atomic E-state index is 10.3. The number of aromatic nitrogens is 2. The number of nitriles is 1. The van der Waals surface area contributed by atoms with Crippen LogP contribution in [0.15, 0.2) is 60.7 Å². The maximum Gasteiger partial charge on any atom is 0.149 e. The number of phenols is 1. The molecular formula is C20H13N3O. The zero-order chi connectivity index (χ0) is 16.5.